The third kappa shape index (κ3) is 4.03. The number of aryl methyl sites for hydroxylation is 1. The number of unbranched alkanes of at least 4 members (excludes halogenated alkanes) is 1. The first-order valence-corrected chi connectivity index (χ1v) is 9.20. The van der Waals surface area contributed by atoms with E-state index in [0.717, 1.165) is 45.4 Å². The molecule has 1 fully saturated rings. The standard InChI is InChI=1S/C18H27BrN2O/c1-4-5-8-16(19)18(22)21-12-10-20(11-13-21)17-9-6-7-14(2)15(17)3/h6-7,9,16H,4-5,8,10-13H2,1-3H3. The Morgan fingerprint density at radius 3 is 2.55 bits per heavy atom. The van der Waals surface area contributed by atoms with Gasteiger partial charge in [0.2, 0.25) is 5.91 Å². The first-order valence-electron chi connectivity index (χ1n) is 8.28. The van der Waals surface area contributed by atoms with Crippen molar-refractivity contribution in [2.75, 3.05) is 31.1 Å². The summed E-state index contributed by atoms with van der Waals surface area (Å²) in [5.41, 5.74) is 3.99. The maximum absolute atomic E-state index is 12.4. The minimum Gasteiger partial charge on any atom is -0.368 e. The Bertz CT molecular complexity index is 510. The van der Waals surface area contributed by atoms with Crippen molar-refractivity contribution >= 4 is 27.5 Å². The maximum Gasteiger partial charge on any atom is 0.236 e. The molecule has 0 N–H and O–H groups in total. The van der Waals surface area contributed by atoms with Gasteiger partial charge in [0.1, 0.15) is 0 Å². The van der Waals surface area contributed by atoms with Crippen molar-refractivity contribution in [2.24, 2.45) is 0 Å². The van der Waals surface area contributed by atoms with E-state index in [1.165, 1.54) is 16.8 Å². The number of carbonyl (C=O) groups excluding carboxylic acids is 1. The monoisotopic (exact) mass is 366 g/mol. The van der Waals surface area contributed by atoms with Crippen molar-refractivity contribution < 1.29 is 4.79 Å². The highest BCUT2D eigenvalue weighted by molar-refractivity contribution is 9.10. The van der Waals surface area contributed by atoms with Gasteiger partial charge < -0.3 is 9.80 Å². The van der Waals surface area contributed by atoms with Crippen LogP contribution in [0, 0.1) is 13.8 Å². The molecule has 122 valence electrons. The van der Waals surface area contributed by atoms with E-state index in [9.17, 15) is 4.79 Å². The van der Waals surface area contributed by atoms with Gasteiger partial charge in [-0.3, -0.25) is 4.79 Å². The van der Waals surface area contributed by atoms with Crippen molar-refractivity contribution in [1.82, 2.24) is 4.90 Å². The molecule has 0 aromatic heterocycles. The van der Waals surface area contributed by atoms with Gasteiger partial charge in [-0.25, -0.2) is 0 Å². The molecule has 0 radical (unpaired) electrons. The van der Waals surface area contributed by atoms with Gasteiger partial charge in [0.25, 0.3) is 0 Å². The molecule has 22 heavy (non-hydrogen) atoms. The van der Waals surface area contributed by atoms with Gasteiger partial charge in [-0.15, -0.1) is 0 Å². The van der Waals surface area contributed by atoms with Crippen LogP contribution in [0.25, 0.3) is 0 Å². The number of anilines is 1. The van der Waals surface area contributed by atoms with Crippen molar-refractivity contribution in [2.45, 2.75) is 44.9 Å². The van der Waals surface area contributed by atoms with Crippen LogP contribution in [0.15, 0.2) is 18.2 Å². The molecule has 0 aliphatic carbocycles. The quantitative estimate of drug-likeness (QED) is 0.737. The minimum absolute atomic E-state index is 0.0142. The van der Waals surface area contributed by atoms with Crippen LogP contribution >= 0.6 is 15.9 Å². The molecular formula is C18H27BrN2O. The van der Waals surface area contributed by atoms with Gasteiger partial charge in [-0.2, -0.15) is 0 Å². The number of amides is 1. The van der Waals surface area contributed by atoms with Gasteiger partial charge in [0.05, 0.1) is 4.83 Å². The minimum atomic E-state index is -0.0142. The maximum atomic E-state index is 12.4. The predicted molar refractivity (Wildman–Crippen MR) is 96.9 cm³/mol. The summed E-state index contributed by atoms with van der Waals surface area (Å²) in [5.74, 6) is 0.258. The van der Waals surface area contributed by atoms with Crippen LogP contribution in [0.4, 0.5) is 5.69 Å². The molecule has 1 aliphatic rings. The Labute approximate surface area is 142 Å². The van der Waals surface area contributed by atoms with Crippen molar-refractivity contribution in [1.29, 1.82) is 0 Å². The number of rotatable bonds is 5. The SMILES string of the molecule is CCCCC(Br)C(=O)N1CCN(c2cccc(C)c2C)CC1. The van der Waals surface area contributed by atoms with Gasteiger partial charge in [-0.05, 0) is 37.5 Å². The average molecular weight is 367 g/mol. The molecule has 1 saturated heterocycles. The van der Waals surface area contributed by atoms with Crippen molar-refractivity contribution in [3.05, 3.63) is 29.3 Å². The largest absolute Gasteiger partial charge is 0.368 e. The number of nitrogens with zero attached hydrogens (tertiary/aromatic N) is 2. The third-order valence-corrected chi connectivity index (χ3v) is 5.44. The van der Waals surface area contributed by atoms with Crippen molar-refractivity contribution in [3.8, 4) is 0 Å². The summed E-state index contributed by atoms with van der Waals surface area (Å²) in [6.45, 7) is 9.98. The molecule has 2 rings (SSSR count). The van der Waals surface area contributed by atoms with E-state index >= 15 is 0 Å². The Morgan fingerprint density at radius 2 is 1.91 bits per heavy atom. The Balaban J connectivity index is 1.93. The number of piperazine rings is 1. The fourth-order valence-corrected chi connectivity index (χ4v) is 3.56. The summed E-state index contributed by atoms with van der Waals surface area (Å²) in [5, 5.41) is 0. The van der Waals surface area contributed by atoms with Crippen LogP contribution in [0.5, 0.6) is 0 Å². The molecule has 1 amide bonds. The summed E-state index contributed by atoms with van der Waals surface area (Å²) in [6.07, 6.45) is 3.17. The molecule has 4 heteroatoms. The van der Waals surface area contributed by atoms with E-state index in [1.807, 2.05) is 4.90 Å². The second-order valence-electron chi connectivity index (χ2n) is 6.14. The highest BCUT2D eigenvalue weighted by Crippen LogP contribution is 2.24. The summed E-state index contributed by atoms with van der Waals surface area (Å²) < 4.78 is 0. The first-order chi connectivity index (χ1) is 10.5. The Hall–Kier alpha value is -1.03. The molecule has 1 aromatic carbocycles. The van der Waals surface area contributed by atoms with Crippen LogP contribution in [0.3, 0.4) is 0 Å². The Morgan fingerprint density at radius 1 is 1.23 bits per heavy atom. The Kier molecular flexibility index (Phi) is 6.30. The molecule has 1 heterocycles. The van der Waals surface area contributed by atoms with Gasteiger partial charge in [-0.1, -0.05) is 47.8 Å². The number of hydrogen-bond donors (Lipinski definition) is 0. The van der Waals surface area contributed by atoms with E-state index in [1.54, 1.807) is 0 Å². The number of carbonyl (C=O) groups is 1. The van der Waals surface area contributed by atoms with Crippen LogP contribution in [0.1, 0.15) is 37.3 Å². The van der Waals surface area contributed by atoms with E-state index in [2.05, 4.69) is 59.8 Å². The molecule has 1 aromatic rings. The lowest BCUT2D eigenvalue weighted by molar-refractivity contribution is -0.130. The smallest absolute Gasteiger partial charge is 0.236 e. The van der Waals surface area contributed by atoms with E-state index in [0.29, 0.717) is 0 Å². The molecule has 3 nitrogen and oxygen atoms in total. The summed E-state index contributed by atoms with van der Waals surface area (Å²) in [6, 6.07) is 6.46. The fourth-order valence-electron chi connectivity index (χ4n) is 2.95. The van der Waals surface area contributed by atoms with Crippen LogP contribution in [0.2, 0.25) is 0 Å². The second-order valence-corrected chi connectivity index (χ2v) is 7.25. The molecule has 0 bridgehead atoms. The summed E-state index contributed by atoms with van der Waals surface area (Å²) in [4.78, 5) is 16.8. The van der Waals surface area contributed by atoms with Crippen LogP contribution in [-0.4, -0.2) is 41.8 Å². The van der Waals surface area contributed by atoms with Crippen molar-refractivity contribution in [3.63, 3.8) is 0 Å². The fraction of sp³-hybridized carbons (Fsp3) is 0.611. The lowest BCUT2D eigenvalue weighted by Gasteiger charge is -2.37. The molecule has 0 saturated carbocycles. The van der Waals surface area contributed by atoms with E-state index in [-0.39, 0.29) is 10.7 Å². The number of hydrogen-bond acceptors (Lipinski definition) is 2. The zero-order valence-electron chi connectivity index (χ0n) is 13.9. The topological polar surface area (TPSA) is 23.6 Å². The molecular weight excluding hydrogens is 340 g/mol. The van der Waals surface area contributed by atoms with Gasteiger partial charge >= 0.3 is 0 Å². The number of benzene rings is 1. The average Bonchev–Trinajstić information content (AvgIpc) is 2.54. The zero-order chi connectivity index (χ0) is 16.1. The normalized spacial score (nSPS) is 16.7. The third-order valence-electron chi connectivity index (χ3n) is 4.59. The molecule has 1 aliphatic heterocycles. The first kappa shape index (κ1) is 17.3. The lowest BCUT2D eigenvalue weighted by Crippen LogP contribution is -2.50. The highest BCUT2D eigenvalue weighted by atomic mass is 79.9. The zero-order valence-corrected chi connectivity index (χ0v) is 15.5. The number of halogens is 1. The molecule has 1 atom stereocenters. The summed E-state index contributed by atoms with van der Waals surface area (Å²) >= 11 is 3.56. The molecule has 0 spiro atoms. The predicted octanol–water partition coefficient (Wildman–Crippen LogP) is 3.91. The van der Waals surface area contributed by atoms with Crippen LogP contribution < -0.4 is 4.90 Å². The van der Waals surface area contributed by atoms with E-state index in [4.69, 9.17) is 0 Å². The second kappa shape index (κ2) is 8.00. The summed E-state index contributed by atoms with van der Waals surface area (Å²) in [7, 11) is 0. The highest BCUT2D eigenvalue weighted by Gasteiger charge is 2.26. The lowest BCUT2D eigenvalue weighted by atomic mass is 10.1. The van der Waals surface area contributed by atoms with Gasteiger partial charge in [0.15, 0.2) is 0 Å². The molecule has 1 unspecified atom stereocenters. The number of alkyl halides is 1. The van der Waals surface area contributed by atoms with Gasteiger partial charge in [0, 0.05) is 31.9 Å². The van der Waals surface area contributed by atoms with E-state index < -0.39 is 0 Å². The van der Waals surface area contributed by atoms with Crippen LogP contribution in [-0.2, 0) is 4.79 Å².